The third kappa shape index (κ3) is 21.9. The van der Waals surface area contributed by atoms with Crippen LogP contribution in [0.1, 0.15) is 89.2 Å². The highest BCUT2D eigenvalue weighted by atomic mass is 16.6. The molecule has 7 rings (SSSR count). The maximum absolute atomic E-state index is 12.3. The highest BCUT2D eigenvalue weighted by Crippen LogP contribution is 2.35. The minimum Gasteiger partial charge on any atom is -0.445 e. The van der Waals surface area contributed by atoms with Crippen LogP contribution in [0.25, 0.3) is 0 Å². The molecule has 1 N–H and O–H groups in total. The van der Waals surface area contributed by atoms with Crippen LogP contribution in [-0.4, -0.2) is 313 Å². The van der Waals surface area contributed by atoms with Gasteiger partial charge in [0.05, 0.1) is 6.04 Å². The van der Waals surface area contributed by atoms with Gasteiger partial charge in [-0.25, -0.2) is 9.59 Å². The first-order valence-electron chi connectivity index (χ1n) is 27.4. The molecule has 348 valence electrons. The molecule has 4 unspecified atom stereocenters. The molecule has 4 atom stereocenters. The van der Waals surface area contributed by atoms with Crippen molar-refractivity contribution in [3.05, 3.63) is 71.8 Å². The number of hydrogen-bond donors (Lipinski definition) is 1. The quantitative estimate of drug-likeness (QED) is 0.141. The van der Waals surface area contributed by atoms with Crippen molar-refractivity contribution in [2.45, 2.75) is 115 Å². The van der Waals surface area contributed by atoms with Gasteiger partial charge in [-0.05, 0) is 62.5 Å². The number of hydrogen-bond acceptors (Lipinski definition) is 6. The lowest BCUT2D eigenvalue weighted by atomic mass is 8.29. The Morgan fingerprint density at radius 2 is 0.759 bits per heavy atom. The summed E-state index contributed by atoms with van der Waals surface area (Å²) >= 11 is 0. The fourth-order valence-corrected chi connectivity index (χ4v) is 12.3. The molecule has 0 spiro atoms. The van der Waals surface area contributed by atoms with Gasteiger partial charge in [0.25, 0.3) is 0 Å². The van der Waals surface area contributed by atoms with Gasteiger partial charge >= 0.3 is 12.2 Å². The van der Waals surface area contributed by atoms with Crippen molar-refractivity contribution in [3.8, 4) is 0 Å². The number of carbonyl (C=O) groups excluding carboxylic acids is 3. The summed E-state index contributed by atoms with van der Waals surface area (Å²) in [5, 5.41) is 2.85. The molecule has 2 aromatic carbocycles. The zero-order chi connectivity index (χ0) is 57.8. The molecule has 5 saturated heterocycles. The van der Waals surface area contributed by atoms with Gasteiger partial charge in [-0.3, -0.25) is 9.69 Å². The minimum atomic E-state index is -1.16. The van der Waals surface area contributed by atoms with Crippen molar-refractivity contribution < 1.29 is 28.6 Å². The van der Waals surface area contributed by atoms with Gasteiger partial charge in [-0.15, -0.1) is 0 Å². The summed E-state index contributed by atoms with van der Waals surface area (Å²) in [6.07, 6.45) is -5.23. The van der Waals surface area contributed by atoms with Crippen molar-refractivity contribution >= 4 is 260 Å². The maximum Gasteiger partial charge on any atom is 0.410 e. The van der Waals surface area contributed by atoms with Gasteiger partial charge in [0.1, 0.15) is 13.2 Å². The number of nitrogens with one attached hydrogen (secondary N) is 1. The molecule has 79 heavy (non-hydrogen) atoms. The Bertz CT molecular complexity index is 1980. The number of benzene rings is 2. The molecule has 43 heteroatoms. The molecule has 0 aromatic heterocycles. The van der Waals surface area contributed by atoms with Gasteiger partial charge in [0.2, 0.25) is 5.91 Å². The normalized spacial score (nSPS) is 18.2. The zero-order valence-corrected chi connectivity index (χ0v) is 45.4. The largest absolute Gasteiger partial charge is 0.445 e. The molecule has 2 aromatic rings. The number of fused-ring (bicyclic) bond motifs is 4. The Morgan fingerprint density at radius 3 is 1.10 bits per heavy atom. The first kappa shape index (κ1) is 71.9. The van der Waals surface area contributed by atoms with Crippen LogP contribution in [0, 0.1) is 0 Å². The average Bonchev–Trinajstić information content (AvgIpc) is 4.11. The summed E-state index contributed by atoms with van der Waals surface area (Å²) in [5.41, 5.74) is 2.02. The zero-order valence-electron chi connectivity index (χ0n) is 45.4. The number of amides is 3. The van der Waals surface area contributed by atoms with Gasteiger partial charge in [-0.1, -0.05) is 80.9 Å². The Balaban J connectivity index is 0.000000309. The van der Waals surface area contributed by atoms with Crippen LogP contribution < -0.4 is 5.32 Å². The van der Waals surface area contributed by atoms with Crippen molar-refractivity contribution in [1.82, 2.24) is 15.1 Å². The third-order valence-corrected chi connectivity index (χ3v) is 15.8. The Hall–Kier alpha value is -1.38. The van der Waals surface area contributed by atoms with E-state index < -0.39 is 102 Å². The molecule has 0 aliphatic carbocycles. The van der Waals surface area contributed by atoms with Gasteiger partial charge < -0.3 is 24.4 Å². The van der Waals surface area contributed by atoms with E-state index in [1.807, 2.05) is 65.6 Å². The smallest absolute Gasteiger partial charge is 0.410 e. The van der Waals surface area contributed by atoms with Gasteiger partial charge in [0.15, 0.2) is 0 Å². The summed E-state index contributed by atoms with van der Waals surface area (Å²) in [4.78, 5) is 39.9. The monoisotopic (exact) mass is 996 g/mol. The van der Waals surface area contributed by atoms with E-state index in [0.717, 1.165) is 62.9 Å². The summed E-state index contributed by atoms with van der Waals surface area (Å²) in [7, 11) is 110. The second kappa shape index (κ2) is 36.5. The maximum atomic E-state index is 12.3. The van der Waals surface area contributed by atoms with Crippen LogP contribution >= 0.6 is 0 Å². The molecule has 5 aliphatic rings. The molecular weight excluding hydrogens is 938 g/mol. The number of carbonyl (C=O) groups is 3. The van der Waals surface area contributed by atoms with Crippen molar-refractivity contribution in [2.24, 2.45) is 0 Å². The Labute approximate surface area is 506 Å². The second-order valence-corrected chi connectivity index (χ2v) is 21.5. The highest BCUT2D eigenvalue weighted by molar-refractivity contribution is 8.29. The lowest BCUT2D eigenvalue weighted by molar-refractivity contribution is -0.121. The van der Waals surface area contributed by atoms with E-state index in [-0.39, 0.29) is 44.2 Å². The van der Waals surface area contributed by atoms with E-state index in [4.69, 9.17) is 153 Å². The number of rotatable bonds is 19. The number of ether oxygens (including phenoxy) is 3. The second-order valence-electron chi connectivity index (χ2n) is 21.5. The standard InChI is InChI=1S/C16H21NO2.C15H18N2O3.C4H8O.CH4.B34/c18-16(19-12-13-6-2-1-3-7-13)17-14-8-4-5-9-15(17)11-10-14;18-14-8-12-6-7-13(9-16-14)17(12)15(19)20-10-11-4-2-1-3-5-11;1-2-4-5-3-1;;1-19(2)28(20(3)4)32(27(17)18)34(31(25(13)14)26(15)16)33(29(21(5)6)22(7)8)30(23(9)10)24(11)12/h1-3,6-7,14-15H,4-5,8-12H2;1-5,12-13H,6-10H2,(H,16,18);1-4H2;1H4;. The van der Waals surface area contributed by atoms with E-state index >= 15 is 0 Å². The van der Waals surface area contributed by atoms with E-state index in [1.165, 1.54) is 25.7 Å². The van der Waals surface area contributed by atoms with Crippen LogP contribution in [0.15, 0.2) is 60.7 Å². The summed E-state index contributed by atoms with van der Waals surface area (Å²) in [5.74, 6) is 0.0260. The first-order valence-corrected chi connectivity index (χ1v) is 27.4. The summed E-state index contributed by atoms with van der Waals surface area (Å²) < 4.78 is 15.8. The summed E-state index contributed by atoms with van der Waals surface area (Å²) in [6.45, 7) is 3.20. The minimum absolute atomic E-state index is 0. The molecule has 3 amide bonds. The Kier molecular flexibility index (Phi) is 33.2. The van der Waals surface area contributed by atoms with E-state index in [1.54, 1.807) is 4.90 Å². The van der Waals surface area contributed by atoms with Crippen LogP contribution in [0.3, 0.4) is 0 Å². The number of nitrogens with zero attached hydrogens (tertiary/aromatic N) is 2. The molecule has 5 fully saturated rings. The first-order chi connectivity index (χ1) is 37.0. The highest BCUT2D eigenvalue weighted by Gasteiger charge is 2.54. The fraction of sp³-hybridized carbons (Fsp3) is 0.583. The molecule has 5 aliphatic heterocycles. The van der Waals surface area contributed by atoms with Crippen molar-refractivity contribution in [1.29, 1.82) is 0 Å². The third-order valence-electron chi connectivity index (χ3n) is 15.8. The molecule has 5 heterocycles. The molecule has 4 bridgehead atoms. The molecular formula is C36H51B34N3O6. The van der Waals surface area contributed by atoms with Crippen molar-refractivity contribution in [3.63, 3.8) is 0 Å². The fourth-order valence-electron chi connectivity index (χ4n) is 12.3. The molecule has 0 saturated carbocycles. The Morgan fingerprint density at radius 1 is 0.443 bits per heavy atom. The molecule has 9 nitrogen and oxygen atoms in total. The van der Waals surface area contributed by atoms with Gasteiger partial charge in [-0.2, -0.15) is 0 Å². The predicted molar refractivity (Wildman–Crippen MR) is 369 cm³/mol. The van der Waals surface area contributed by atoms with Crippen LogP contribution in [0.5, 0.6) is 0 Å². The van der Waals surface area contributed by atoms with Gasteiger partial charge in [0, 0.05) is 286 Å². The topological polar surface area (TPSA) is 97.4 Å². The molecule has 36 radical (unpaired) electrons. The van der Waals surface area contributed by atoms with Crippen molar-refractivity contribution in [2.75, 3.05) is 19.8 Å². The predicted octanol–water partition coefficient (Wildman–Crippen LogP) is -6.11. The van der Waals surface area contributed by atoms with Crippen LogP contribution in [-0.2, 0) is 32.2 Å². The lowest BCUT2D eigenvalue weighted by Gasteiger charge is -2.52. The lowest BCUT2D eigenvalue weighted by Crippen LogP contribution is -2.90. The van der Waals surface area contributed by atoms with Crippen LogP contribution in [0.2, 0.25) is 0 Å². The van der Waals surface area contributed by atoms with Crippen LogP contribution in [0.4, 0.5) is 9.59 Å². The van der Waals surface area contributed by atoms with E-state index in [9.17, 15) is 14.4 Å². The SMILES string of the molecule is C.C1CCOC1.O=C(OCc1ccccc1)N1C2CCCCC1CC2.O=C1CC2CCC(CN1)N2C(=O)OCc1ccccc1.[B]B([B])B(B([B])[B])B(B([B])[B])B(B(B([B])[B])B([B])[B])B(B(B([B])[B])B([B])[B])B(B([B])[B])B([B])[B]. The van der Waals surface area contributed by atoms with E-state index in [2.05, 4.69) is 5.32 Å². The van der Waals surface area contributed by atoms with E-state index in [0.29, 0.717) is 31.7 Å². The summed E-state index contributed by atoms with van der Waals surface area (Å²) in [6, 6.07) is 20.4. The average molecular weight is 989 g/mol.